The molecule has 1 aliphatic rings. The molecule has 1 aromatic rings. The third kappa shape index (κ3) is 5.52. The van der Waals surface area contributed by atoms with Crippen molar-refractivity contribution in [2.75, 3.05) is 32.7 Å². The van der Waals surface area contributed by atoms with Gasteiger partial charge in [-0.05, 0) is 45.7 Å². The highest BCUT2D eigenvalue weighted by Crippen LogP contribution is 2.25. The molecule has 0 bridgehead atoms. The van der Waals surface area contributed by atoms with Gasteiger partial charge < -0.3 is 10.2 Å². The number of benzene rings is 1. The van der Waals surface area contributed by atoms with E-state index in [0.717, 1.165) is 21.6 Å². The zero-order valence-electron chi connectivity index (χ0n) is 17.3. The largest absolute Gasteiger partial charge is 0.336 e. The number of quaternary nitrogens is 1. The van der Waals surface area contributed by atoms with Gasteiger partial charge in [0.05, 0.1) is 31.1 Å². The SMILES string of the molecule is Cc1cc(C)c(S(=O)(=O)N2CC[NH+](CC(=O)NC(=O)NC(C)C)CC2)c(C)c1. The van der Waals surface area contributed by atoms with Crippen LogP contribution in [0.15, 0.2) is 17.0 Å². The van der Waals surface area contributed by atoms with Gasteiger partial charge in [-0.3, -0.25) is 10.1 Å². The van der Waals surface area contributed by atoms with Crippen LogP contribution in [-0.2, 0) is 14.8 Å². The summed E-state index contributed by atoms with van der Waals surface area (Å²) >= 11 is 0. The summed E-state index contributed by atoms with van der Waals surface area (Å²) < 4.78 is 27.7. The number of sulfonamides is 1. The molecule has 0 aromatic heterocycles. The maximum Gasteiger partial charge on any atom is 0.321 e. The van der Waals surface area contributed by atoms with Gasteiger partial charge >= 0.3 is 6.03 Å². The minimum absolute atomic E-state index is 0.0532. The normalized spacial score (nSPS) is 16.2. The molecule has 28 heavy (non-hydrogen) atoms. The van der Waals surface area contributed by atoms with Crippen molar-refractivity contribution in [2.45, 2.75) is 45.6 Å². The summed E-state index contributed by atoms with van der Waals surface area (Å²) in [6.45, 7) is 11.1. The van der Waals surface area contributed by atoms with Crippen molar-refractivity contribution in [1.82, 2.24) is 14.9 Å². The molecule has 1 aliphatic heterocycles. The Balaban J connectivity index is 1.96. The molecule has 0 atom stereocenters. The smallest absolute Gasteiger partial charge is 0.321 e. The Hall–Kier alpha value is -1.97. The molecule has 0 spiro atoms. The highest BCUT2D eigenvalue weighted by molar-refractivity contribution is 7.89. The first-order chi connectivity index (χ1) is 13.0. The van der Waals surface area contributed by atoms with Crippen molar-refractivity contribution in [2.24, 2.45) is 0 Å². The van der Waals surface area contributed by atoms with Crippen molar-refractivity contribution in [3.63, 3.8) is 0 Å². The predicted octanol–water partition coefficient (Wildman–Crippen LogP) is -0.265. The average Bonchev–Trinajstić information content (AvgIpc) is 2.52. The first kappa shape index (κ1) is 22.3. The van der Waals surface area contributed by atoms with E-state index in [1.807, 2.05) is 46.8 Å². The van der Waals surface area contributed by atoms with E-state index in [2.05, 4.69) is 10.6 Å². The Labute approximate surface area is 167 Å². The van der Waals surface area contributed by atoms with E-state index < -0.39 is 16.1 Å². The number of aryl methyl sites for hydroxylation is 3. The molecule has 1 fully saturated rings. The molecule has 3 N–H and O–H groups in total. The Bertz CT molecular complexity index is 820. The van der Waals surface area contributed by atoms with Gasteiger partial charge in [-0.25, -0.2) is 13.2 Å². The summed E-state index contributed by atoms with van der Waals surface area (Å²) in [4.78, 5) is 24.9. The number of nitrogens with one attached hydrogen (secondary N) is 3. The zero-order chi connectivity index (χ0) is 21.1. The summed E-state index contributed by atoms with van der Waals surface area (Å²) in [7, 11) is -3.57. The van der Waals surface area contributed by atoms with E-state index in [0.29, 0.717) is 31.1 Å². The van der Waals surface area contributed by atoms with E-state index in [-0.39, 0.29) is 18.5 Å². The van der Waals surface area contributed by atoms with Crippen LogP contribution in [0.4, 0.5) is 4.79 Å². The summed E-state index contributed by atoms with van der Waals surface area (Å²) in [6.07, 6.45) is 0. The highest BCUT2D eigenvalue weighted by Gasteiger charge is 2.33. The van der Waals surface area contributed by atoms with E-state index in [4.69, 9.17) is 0 Å². The second-order valence-electron chi connectivity index (χ2n) is 7.74. The third-order valence-electron chi connectivity index (χ3n) is 4.72. The molecule has 2 rings (SSSR count). The number of piperazine rings is 1. The fourth-order valence-electron chi connectivity index (χ4n) is 3.62. The maximum absolute atomic E-state index is 13.1. The highest BCUT2D eigenvalue weighted by atomic mass is 32.2. The summed E-state index contributed by atoms with van der Waals surface area (Å²) in [5, 5.41) is 4.91. The predicted molar refractivity (Wildman–Crippen MR) is 107 cm³/mol. The number of carbonyl (C=O) groups is 2. The number of urea groups is 1. The lowest BCUT2D eigenvalue weighted by atomic mass is 10.1. The van der Waals surface area contributed by atoms with E-state index in [1.165, 1.54) is 4.31 Å². The van der Waals surface area contributed by atoms with Crippen LogP contribution in [0.3, 0.4) is 0 Å². The number of carbonyl (C=O) groups excluding carboxylic acids is 2. The van der Waals surface area contributed by atoms with Crippen LogP contribution >= 0.6 is 0 Å². The van der Waals surface area contributed by atoms with E-state index in [9.17, 15) is 18.0 Å². The van der Waals surface area contributed by atoms with Gasteiger partial charge in [-0.2, -0.15) is 4.31 Å². The molecule has 0 unspecified atom stereocenters. The Morgan fingerprint density at radius 3 is 2.14 bits per heavy atom. The number of imide groups is 1. The molecule has 1 saturated heterocycles. The molecule has 9 heteroatoms. The minimum atomic E-state index is -3.57. The van der Waals surface area contributed by atoms with Crippen LogP contribution in [0.2, 0.25) is 0 Å². The van der Waals surface area contributed by atoms with Gasteiger partial charge in [-0.1, -0.05) is 17.7 Å². The van der Waals surface area contributed by atoms with Crippen molar-refractivity contribution in [3.05, 3.63) is 28.8 Å². The summed E-state index contributed by atoms with van der Waals surface area (Å²) in [6, 6.07) is 3.20. The lowest BCUT2D eigenvalue weighted by Gasteiger charge is -2.31. The van der Waals surface area contributed by atoms with Crippen molar-refractivity contribution >= 4 is 22.0 Å². The molecule has 156 valence electrons. The van der Waals surface area contributed by atoms with Crippen LogP contribution in [0.1, 0.15) is 30.5 Å². The first-order valence-corrected chi connectivity index (χ1v) is 11.0. The van der Waals surface area contributed by atoms with Gasteiger partial charge in [0.15, 0.2) is 6.54 Å². The molecule has 3 amide bonds. The van der Waals surface area contributed by atoms with Crippen molar-refractivity contribution in [3.8, 4) is 0 Å². The molecule has 8 nitrogen and oxygen atoms in total. The minimum Gasteiger partial charge on any atom is -0.336 e. The molecule has 0 aliphatic carbocycles. The molecule has 0 radical (unpaired) electrons. The summed E-state index contributed by atoms with van der Waals surface area (Å²) in [5.74, 6) is -0.366. The van der Waals surface area contributed by atoms with E-state index in [1.54, 1.807) is 0 Å². The molecule has 1 aromatic carbocycles. The topological polar surface area (TPSA) is 100 Å². The van der Waals surface area contributed by atoms with Crippen LogP contribution in [-0.4, -0.2) is 63.4 Å². The quantitative estimate of drug-likeness (QED) is 0.621. The van der Waals surface area contributed by atoms with Gasteiger partial charge in [-0.15, -0.1) is 0 Å². The fourth-order valence-corrected chi connectivity index (χ4v) is 5.47. The van der Waals surface area contributed by atoms with Gasteiger partial charge in [0.1, 0.15) is 0 Å². The molecule has 1 heterocycles. The van der Waals surface area contributed by atoms with E-state index >= 15 is 0 Å². The van der Waals surface area contributed by atoms with Crippen LogP contribution in [0.25, 0.3) is 0 Å². The number of rotatable bonds is 5. The Morgan fingerprint density at radius 2 is 1.64 bits per heavy atom. The zero-order valence-corrected chi connectivity index (χ0v) is 18.1. The number of amides is 3. The van der Waals surface area contributed by atoms with Crippen LogP contribution in [0.5, 0.6) is 0 Å². The summed E-state index contributed by atoms with van der Waals surface area (Å²) in [5.41, 5.74) is 2.54. The number of hydrogen-bond donors (Lipinski definition) is 3. The number of hydrogen-bond acceptors (Lipinski definition) is 4. The van der Waals surface area contributed by atoms with Gasteiger partial charge in [0.25, 0.3) is 5.91 Å². The van der Waals surface area contributed by atoms with Gasteiger partial charge in [0, 0.05) is 6.04 Å². The lowest BCUT2D eigenvalue weighted by molar-refractivity contribution is -0.895. The monoisotopic (exact) mass is 411 g/mol. The van der Waals surface area contributed by atoms with Crippen molar-refractivity contribution < 1.29 is 22.9 Å². The average molecular weight is 412 g/mol. The second kappa shape index (κ2) is 9.02. The fraction of sp³-hybridized carbons (Fsp3) is 0.579. The van der Waals surface area contributed by atoms with Crippen molar-refractivity contribution in [1.29, 1.82) is 0 Å². The standard InChI is InChI=1S/C19H30N4O4S/c1-13(2)20-19(25)21-17(24)12-22-6-8-23(9-7-22)28(26,27)18-15(4)10-14(3)11-16(18)5/h10-11,13H,6-9,12H2,1-5H3,(H2,20,21,24,25)/p+1. The first-order valence-electron chi connectivity index (χ1n) is 9.52. The number of nitrogens with zero attached hydrogens (tertiary/aromatic N) is 1. The lowest BCUT2D eigenvalue weighted by Crippen LogP contribution is -3.15. The second-order valence-corrected chi connectivity index (χ2v) is 9.61. The van der Waals surface area contributed by atoms with Crippen LogP contribution < -0.4 is 15.5 Å². The molecular weight excluding hydrogens is 380 g/mol. The third-order valence-corrected chi connectivity index (χ3v) is 6.92. The molecule has 0 saturated carbocycles. The maximum atomic E-state index is 13.1. The molecular formula is C19H31N4O4S+. The Kier molecular flexibility index (Phi) is 7.19. The van der Waals surface area contributed by atoms with Gasteiger partial charge in [0.2, 0.25) is 10.0 Å². The Morgan fingerprint density at radius 1 is 1.11 bits per heavy atom. The van der Waals surface area contributed by atoms with Crippen LogP contribution in [0, 0.1) is 20.8 Å².